The van der Waals surface area contributed by atoms with Crippen LogP contribution in [-0.2, 0) is 0 Å². The molecule has 0 spiro atoms. The highest BCUT2D eigenvalue weighted by molar-refractivity contribution is 5.50. The molecule has 0 N–H and O–H groups in total. The average molecular weight is 396 g/mol. The number of halogens is 5. The fourth-order valence-electron chi connectivity index (χ4n) is 2.48. The van der Waals surface area contributed by atoms with Crippen LogP contribution in [0.1, 0.15) is 33.4 Å². The number of benzene rings is 3. The smallest absolute Gasteiger partial charge is 0.143 e. The van der Waals surface area contributed by atoms with E-state index in [9.17, 15) is 22.0 Å². The first kappa shape index (κ1) is 20.2. The molecule has 0 aliphatic carbocycles. The number of hydrogen-bond donors (Lipinski definition) is 0. The van der Waals surface area contributed by atoms with Gasteiger partial charge in [0.25, 0.3) is 0 Å². The molecule has 0 aliphatic heterocycles. The summed E-state index contributed by atoms with van der Waals surface area (Å²) in [5, 5.41) is 0. The second kappa shape index (κ2) is 8.20. The molecule has 0 aromatic heterocycles. The van der Waals surface area contributed by atoms with Crippen molar-refractivity contribution < 1.29 is 22.0 Å². The third-order valence-corrected chi connectivity index (χ3v) is 4.12. The Bertz CT molecular complexity index is 1190. The van der Waals surface area contributed by atoms with E-state index < -0.39 is 34.6 Å². The monoisotopic (exact) mass is 396 g/mol. The topological polar surface area (TPSA) is 0 Å². The summed E-state index contributed by atoms with van der Waals surface area (Å²) >= 11 is 0. The maximum atomic E-state index is 14.3. The van der Waals surface area contributed by atoms with Crippen molar-refractivity contribution in [3.8, 4) is 23.7 Å². The Hall–Kier alpha value is -3.57. The zero-order valence-electron chi connectivity index (χ0n) is 15.4. The van der Waals surface area contributed by atoms with Crippen molar-refractivity contribution in [2.75, 3.05) is 0 Å². The van der Waals surface area contributed by atoms with E-state index in [2.05, 4.69) is 23.7 Å². The molecule has 3 rings (SSSR count). The van der Waals surface area contributed by atoms with Gasteiger partial charge >= 0.3 is 0 Å². The Labute approximate surface area is 165 Å². The summed E-state index contributed by atoms with van der Waals surface area (Å²) in [5.74, 6) is 5.52. The normalized spacial score (nSPS) is 10.0. The highest BCUT2D eigenvalue weighted by Gasteiger charge is 2.09. The number of rotatable bonds is 0. The SMILES string of the molecule is Cc1ccc(C#Cc2cc(F)c(C#Cc3cc(F)c(C)c(F)c3)c(F)c2)c(F)c1. The van der Waals surface area contributed by atoms with E-state index in [0.29, 0.717) is 0 Å². The maximum Gasteiger partial charge on any atom is 0.143 e. The molecule has 0 atom stereocenters. The molecule has 29 heavy (non-hydrogen) atoms. The summed E-state index contributed by atoms with van der Waals surface area (Å²) < 4.78 is 69.4. The molecule has 3 aromatic carbocycles. The first-order chi connectivity index (χ1) is 13.7. The fourth-order valence-corrected chi connectivity index (χ4v) is 2.48. The molecule has 0 saturated carbocycles. The lowest BCUT2D eigenvalue weighted by Gasteiger charge is -2.01. The van der Waals surface area contributed by atoms with Gasteiger partial charge in [-0.2, -0.15) is 0 Å². The van der Waals surface area contributed by atoms with Crippen LogP contribution >= 0.6 is 0 Å². The van der Waals surface area contributed by atoms with Crippen molar-refractivity contribution in [1.82, 2.24) is 0 Å². The predicted octanol–water partition coefficient (Wildman–Crippen LogP) is 5.80. The van der Waals surface area contributed by atoms with E-state index in [1.165, 1.54) is 19.1 Å². The van der Waals surface area contributed by atoms with Crippen LogP contribution in [0.3, 0.4) is 0 Å². The molecule has 0 heterocycles. The summed E-state index contributed by atoms with van der Waals surface area (Å²) in [6, 6.07) is 8.34. The van der Waals surface area contributed by atoms with Crippen molar-refractivity contribution in [3.63, 3.8) is 0 Å². The first-order valence-electron chi connectivity index (χ1n) is 8.49. The summed E-state index contributed by atoms with van der Waals surface area (Å²) in [6.07, 6.45) is 0. The lowest BCUT2D eigenvalue weighted by atomic mass is 10.1. The molecule has 5 heteroatoms. The molecule has 3 aromatic rings. The van der Waals surface area contributed by atoms with Gasteiger partial charge in [-0.15, -0.1) is 0 Å². The Balaban J connectivity index is 1.93. The summed E-state index contributed by atoms with van der Waals surface area (Å²) in [5.41, 5.74) is 0.0467. The molecule has 0 fully saturated rings. The van der Waals surface area contributed by atoms with Crippen LogP contribution in [0.5, 0.6) is 0 Å². The largest absolute Gasteiger partial charge is 0.207 e. The molecule has 0 radical (unpaired) electrons. The maximum absolute atomic E-state index is 14.3. The minimum absolute atomic E-state index is 0.00190. The second-order valence-corrected chi connectivity index (χ2v) is 6.36. The van der Waals surface area contributed by atoms with E-state index in [0.717, 1.165) is 29.8 Å². The highest BCUT2D eigenvalue weighted by atomic mass is 19.1. The fraction of sp³-hybridized carbons (Fsp3) is 0.0833. The zero-order valence-corrected chi connectivity index (χ0v) is 15.4. The van der Waals surface area contributed by atoms with Gasteiger partial charge in [0.05, 0.1) is 11.1 Å². The van der Waals surface area contributed by atoms with Crippen LogP contribution < -0.4 is 0 Å². The lowest BCUT2D eigenvalue weighted by molar-refractivity contribution is 0.567. The van der Waals surface area contributed by atoms with Crippen molar-refractivity contribution in [2.45, 2.75) is 13.8 Å². The Kier molecular flexibility index (Phi) is 5.71. The number of aryl methyl sites for hydroxylation is 1. The van der Waals surface area contributed by atoms with Gasteiger partial charge in [-0.1, -0.05) is 29.7 Å². The van der Waals surface area contributed by atoms with Gasteiger partial charge in [-0.3, -0.25) is 0 Å². The number of hydrogen-bond acceptors (Lipinski definition) is 0. The highest BCUT2D eigenvalue weighted by Crippen LogP contribution is 2.17. The minimum Gasteiger partial charge on any atom is -0.207 e. The standard InChI is InChI=1S/C24H13F5/c1-14-3-6-18(22(27)9-14)7-4-16-12-23(28)19(24(29)13-16)8-5-17-10-20(25)15(2)21(26)11-17/h3,6,9-13H,1-2H3. The molecule has 144 valence electrons. The van der Waals surface area contributed by atoms with E-state index in [-0.39, 0.29) is 22.3 Å². The lowest BCUT2D eigenvalue weighted by Crippen LogP contribution is -1.94. The van der Waals surface area contributed by atoms with E-state index >= 15 is 0 Å². The first-order valence-corrected chi connectivity index (χ1v) is 8.49. The molecule has 0 aliphatic rings. The van der Waals surface area contributed by atoms with E-state index in [1.807, 2.05) is 0 Å². The second-order valence-electron chi connectivity index (χ2n) is 6.36. The molecular weight excluding hydrogens is 383 g/mol. The van der Waals surface area contributed by atoms with E-state index in [1.54, 1.807) is 13.0 Å². The molecule has 0 unspecified atom stereocenters. The van der Waals surface area contributed by atoms with Gasteiger partial charge in [0.1, 0.15) is 29.1 Å². The molecule has 0 saturated heterocycles. The zero-order chi connectivity index (χ0) is 21.1. The van der Waals surface area contributed by atoms with Gasteiger partial charge in [-0.25, -0.2) is 22.0 Å². The van der Waals surface area contributed by atoms with Gasteiger partial charge in [0.15, 0.2) is 0 Å². The van der Waals surface area contributed by atoms with Gasteiger partial charge in [0, 0.05) is 16.7 Å². The van der Waals surface area contributed by atoms with Crippen molar-refractivity contribution in [3.05, 3.63) is 105 Å². The molecule has 0 amide bonds. The van der Waals surface area contributed by atoms with Gasteiger partial charge < -0.3 is 0 Å². The summed E-state index contributed by atoms with van der Waals surface area (Å²) in [4.78, 5) is 0. The minimum atomic E-state index is -0.987. The molecule has 0 bridgehead atoms. The van der Waals surface area contributed by atoms with Crippen molar-refractivity contribution >= 4 is 0 Å². The Morgan fingerprint density at radius 1 is 0.552 bits per heavy atom. The van der Waals surface area contributed by atoms with Crippen LogP contribution in [0, 0.1) is 66.6 Å². The molecule has 0 nitrogen and oxygen atoms in total. The average Bonchev–Trinajstić information content (AvgIpc) is 2.64. The summed E-state index contributed by atoms with van der Waals surface area (Å²) in [7, 11) is 0. The van der Waals surface area contributed by atoms with Gasteiger partial charge in [0.2, 0.25) is 0 Å². The Morgan fingerprint density at radius 2 is 1.07 bits per heavy atom. The van der Waals surface area contributed by atoms with Crippen LogP contribution in [0.2, 0.25) is 0 Å². The van der Waals surface area contributed by atoms with Crippen molar-refractivity contribution in [2.24, 2.45) is 0 Å². The Morgan fingerprint density at radius 3 is 1.62 bits per heavy atom. The van der Waals surface area contributed by atoms with Crippen molar-refractivity contribution in [1.29, 1.82) is 0 Å². The van der Waals surface area contributed by atoms with E-state index in [4.69, 9.17) is 0 Å². The third kappa shape index (κ3) is 4.65. The van der Waals surface area contributed by atoms with Crippen LogP contribution in [0.15, 0.2) is 42.5 Å². The predicted molar refractivity (Wildman–Crippen MR) is 101 cm³/mol. The van der Waals surface area contributed by atoms with Gasteiger partial charge in [-0.05, 0) is 55.8 Å². The molecular formula is C24H13F5. The third-order valence-electron chi connectivity index (χ3n) is 4.12. The van der Waals surface area contributed by atoms with Crippen LogP contribution in [0.25, 0.3) is 0 Å². The van der Waals surface area contributed by atoms with Crippen LogP contribution in [-0.4, -0.2) is 0 Å². The van der Waals surface area contributed by atoms with Crippen LogP contribution in [0.4, 0.5) is 22.0 Å². The summed E-state index contributed by atoms with van der Waals surface area (Å²) in [6.45, 7) is 2.99. The quantitative estimate of drug-likeness (QED) is 0.333.